The molecule has 8 nitrogen and oxygen atoms in total. The number of hydrogen-bond donors (Lipinski definition) is 1. The second-order valence-electron chi connectivity index (χ2n) is 4.46. The number of likely N-dealkylation sites (N-methyl/N-ethyl adjacent to an activating group) is 1. The summed E-state index contributed by atoms with van der Waals surface area (Å²) in [5.74, 6) is -0.0168. The minimum absolute atomic E-state index is 0. The SMILES string of the molecule is CNC(=O)CN(Cc1ccccn1)Cc1ccccn1.[99Tc+4].[CH-]=O.[CH-]=O.[CH-]=O. The summed E-state index contributed by atoms with van der Waals surface area (Å²) < 4.78 is 0. The van der Waals surface area contributed by atoms with E-state index in [0.29, 0.717) is 19.6 Å². The minimum Gasteiger partial charge on any atom is -0.545 e. The summed E-state index contributed by atoms with van der Waals surface area (Å²) in [4.78, 5) is 45.5. The van der Waals surface area contributed by atoms with E-state index < -0.39 is 0 Å². The zero-order valence-corrected chi connectivity index (χ0v) is 16.7. The third kappa shape index (κ3) is 14.3. The number of nitrogens with one attached hydrogen (secondary N) is 1. The fraction of sp³-hybridized carbons (Fsp3) is 0.222. The van der Waals surface area contributed by atoms with Gasteiger partial charge in [0.25, 0.3) is 0 Å². The van der Waals surface area contributed by atoms with Gasteiger partial charge in [0.15, 0.2) is 0 Å². The van der Waals surface area contributed by atoms with E-state index in [1.54, 1.807) is 19.4 Å². The summed E-state index contributed by atoms with van der Waals surface area (Å²) in [6.45, 7) is 11.3. The van der Waals surface area contributed by atoms with Gasteiger partial charge in [0.05, 0.1) is 17.9 Å². The van der Waals surface area contributed by atoms with Gasteiger partial charge in [0.1, 0.15) is 0 Å². The molecule has 0 unspecified atom stereocenters. The molecule has 1 amide bonds. The predicted molar refractivity (Wildman–Crippen MR) is 96.9 cm³/mol. The molecule has 0 atom stereocenters. The first kappa shape index (κ1) is 29.2. The second kappa shape index (κ2) is 21.4. The van der Waals surface area contributed by atoms with Crippen LogP contribution in [0, 0.1) is 0 Å². The van der Waals surface area contributed by atoms with Crippen LogP contribution in [0.2, 0.25) is 0 Å². The van der Waals surface area contributed by atoms with Crippen LogP contribution in [0.5, 0.6) is 0 Å². The molecular weight excluding hydrogens is 435 g/mol. The number of rotatable bonds is 6. The maximum Gasteiger partial charge on any atom is 4.00 e. The normalized spacial score (nSPS) is 8.22. The molecule has 0 fully saturated rings. The Morgan fingerprint density at radius 2 is 1.30 bits per heavy atom. The standard InChI is InChI=1S/C15H18N4O.3CHO.Tc/c1-16-15(20)12-19(10-13-6-2-4-8-17-13)11-14-7-3-5-9-18-14;3*1-2;/h2-9H,10-12H2,1H3,(H,16,20);3*1H;/q;3*-1;+4/i;;;;1+1. The van der Waals surface area contributed by atoms with Crippen molar-refractivity contribution in [2.45, 2.75) is 13.1 Å². The van der Waals surface area contributed by atoms with Gasteiger partial charge in [0.2, 0.25) is 5.91 Å². The Balaban J connectivity index is -0.000000749. The first-order valence-electron chi connectivity index (χ1n) is 7.21. The van der Waals surface area contributed by atoms with E-state index in [9.17, 15) is 4.79 Å². The summed E-state index contributed by atoms with van der Waals surface area (Å²) in [7, 11) is 1.64. The first-order chi connectivity index (χ1) is 12.8. The molecule has 0 saturated heterocycles. The van der Waals surface area contributed by atoms with E-state index in [0.717, 1.165) is 11.4 Å². The third-order valence-corrected chi connectivity index (χ3v) is 2.87. The predicted octanol–water partition coefficient (Wildman–Crippen LogP) is 0.400. The fourth-order valence-electron chi connectivity index (χ4n) is 1.89. The quantitative estimate of drug-likeness (QED) is 0.495. The van der Waals surface area contributed by atoms with Crippen molar-refractivity contribution >= 4 is 26.3 Å². The van der Waals surface area contributed by atoms with Crippen molar-refractivity contribution in [1.82, 2.24) is 20.2 Å². The van der Waals surface area contributed by atoms with E-state index in [1.807, 2.05) is 41.3 Å². The molecule has 2 aromatic heterocycles. The molecular formula is C18H21N4O4Tc+. The Morgan fingerprint density at radius 1 is 0.889 bits per heavy atom. The van der Waals surface area contributed by atoms with E-state index in [4.69, 9.17) is 14.4 Å². The summed E-state index contributed by atoms with van der Waals surface area (Å²) in [6, 6.07) is 11.6. The molecule has 1 N–H and O–H groups in total. The monoisotopic (exact) mass is 456 g/mol. The van der Waals surface area contributed by atoms with Crippen molar-refractivity contribution in [2.24, 2.45) is 0 Å². The minimum atomic E-state index is -0.0168. The zero-order chi connectivity index (χ0) is 20.2. The van der Waals surface area contributed by atoms with Crippen molar-refractivity contribution in [3.8, 4) is 0 Å². The van der Waals surface area contributed by atoms with E-state index in [2.05, 4.69) is 35.7 Å². The molecule has 2 heterocycles. The Hall–Kier alpha value is -2.61. The van der Waals surface area contributed by atoms with Crippen LogP contribution in [0.4, 0.5) is 0 Å². The summed E-state index contributed by atoms with van der Waals surface area (Å²) in [5, 5.41) is 2.65. The van der Waals surface area contributed by atoms with E-state index in [-0.39, 0.29) is 26.0 Å². The van der Waals surface area contributed by atoms with Crippen molar-refractivity contribution in [2.75, 3.05) is 13.6 Å². The van der Waals surface area contributed by atoms with Crippen LogP contribution in [-0.2, 0) is 52.4 Å². The average molecular weight is 456 g/mol. The van der Waals surface area contributed by atoms with Crippen LogP contribution in [0.25, 0.3) is 0 Å². The van der Waals surface area contributed by atoms with Gasteiger partial charge in [-0.25, -0.2) is 0 Å². The van der Waals surface area contributed by atoms with Crippen molar-refractivity contribution in [3.63, 3.8) is 0 Å². The molecule has 2 rings (SSSR count). The van der Waals surface area contributed by atoms with Gasteiger partial charge in [-0.05, 0) is 24.3 Å². The zero-order valence-electron chi connectivity index (χ0n) is 14.8. The molecule has 0 spiro atoms. The number of carbonyl (C=O) groups excluding carboxylic acids is 4. The van der Waals surface area contributed by atoms with Crippen LogP contribution in [0.3, 0.4) is 0 Å². The van der Waals surface area contributed by atoms with Gasteiger partial charge in [-0.3, -0.25) is 40.0 Å². The molecule has 9 heteroatoms. The molecule has 2 aromatic rings. The molecule has 0 aliphatic heterocycles. The number of amides is 1. The first-order valence-corrected chi connectivity index (χ1v) is 7.21. The maximum atomic E-state index is 11.6. The van der Waals surface area contributed by atoms with Crippen LogP contribution in [-0.4, -0.2) is 54.7 Å². The Bertz CT molecular complexity index is 544. The summed E-state index contributed by atoms with van der Waals surface area (Å²) >= 11 is 0. The summed E-state index contributed by atoms with van der Waals surface area (Å²) in [5.41, 5.74) is 1.87. The smallest absolute Gasteiger partial charge is 0.545 e. The van der Waals surface area contributed by atoms with Gasteiger partial charge < -0.3 is 19.7 Å². The van der Waals surface area contributed by atoms with Crippen molar-refractivity contribution in [1.29, 1.82) is 0 Å². The third-order valence-electron chi connectivity index (χ3n) is 2.87. The molecule has 1 radical (unpaired) electrons. The fourth-order valence-corrected chi connectivity index (χ4v) is 1.89. The number of hydrogen-bond acceptors (Lipinski definition) is 7. The molecule has 0 aliphatic rings. The van der Waals surface area contributed by atoms with Gasteiger partial charge >= 0.3 is 20.1 Å². The number of nitrogens with zero attached hydrogens (tertiary/aromatic N) is 3. The molecule has 0 aromatic carbocycles. The maximum absolute atomic E-state index is 11.6. The molecule has 0 aliphatic carbocycles. The van der Waals surface area contributed by atoms with Crippen LogP contribution < -0.4 is 5.32 Å². The topological polar surface area (TPSA) is 109 Å². The number of pyridine rings is 2. The Kier molecular flexibility index (Phi) is 23.1. The number of aromatic nitrogens is 2. The number of carbonyl (C=O) groups is 1. The molecule has 143 valence electrons. The van der Waals surface area contributed by atoms with Crippen LogP contribution in [0.1, 0.15) is 11.4 Å². The molecule has 0 bridgehead atoms. The van der Waals surface area contributed by atoms with Gasteiger partial charge in [-0.2, -0.15) is 0 Å². The average Bonchev–Trinajstić information content (AvgIpc) is 2.74. The van der Waals surface area contributed by atoms with Gasteiger partial charge in [-0.1, -0.05) is 12.1 Å². The van der Waals surface area contributed by atoms with Gasteiger partial charge in [-0.15, -0.1) is 0 Å². The second-order valence-corrected chi connectivity index (χ2v) is 4.46. The van der Waals surface area contributed by atoms with Crippen LogP contribution >= 0.6 is 0 Å². The molecule has 0 saturated carbocycles. The van der Waals surface area contributed by atoms with Gasteiger partial charge in [0, 0.05) is 32.5 Å². The van der Waals surface area contributed by atoms with Crippen molar-refractivity contribution in [3.05, 3.63) is 60.2 Å². The Labute approximate surface area is 172 Å². The summed E-state index contributed by atoms with van der Waals surface area (Å²) in [6.07, 6.45) is 3.52. The molecule has 27 heavy (non-hydrogen) atoms. The Morgan fingerprint density at radius 3 is 1.59 bits per heavy atom. The largest absolute Gasteiger partial charge is 4.00 e. The van der Waals surface area contributed by atoms with Crippen LogP contribution in [0.15, 0.2) is 48.8 Å². The van der Waals surface area contributed by atoms with E-state index in [1.165, 1.54) is 0 Å². The van der Waals surface area contributed by atoms with E-state index >= 15 is 0 Å². The van der Waals surface area contributed by atoms with Crippen molar-refractivity contribution < 1.29 is 39.3 Å².